The van der Waals surface area contributed by atoms with Gasteiger partial charge in [-0.15, -0.1) is 0 Å². The normalized spacial score (nSPS) is 35.6. The van der Waals surface area contributed by atoms with Crippen LogP contribution in [0, 0.1) is 22.7 Å². The Hall–Kier alpha value is -2.74. The number of methoxy groups -OCH3 is 2. The van der Waals surface area contributed by atoms with E-state index in [0.29, 0.717) is 13.0 Å². The molecule has 0 unspecified atom stereocenters. The lowest BCUT2D eigenvalue weighted by Gasteiger charge is -2.63. The van der Waals surface area contributed by atoms with Gasteiger partial charge in [0.15, 0.2) is 17.4 Å². The molecule has 8 atom stereocenters. The summed E-state index contributed by atoms with van der Waals surface area (Å²) in [4.78, 5) is 29.5. The van der Waals surface area contributed by atoms with Crippen LogP contribution in [0.15, 0.2) is 54.6 Å². The highest BCUT2D eigenvalue weighted by Crippen LogP contribution is 2.63. The number of fused-ring (bicyclic) bond motifs is 4. The monoisotopic (exact) mass is 710 g/mol. The van der Waals surface area contributed by atoms with Crippen molar-refractivity contribution in [2.75, 3.05) is 34.4 Å². The second-order valence-electron chi connectivity index (χ2n) is 15.8. The van der Waals surface area contributed by atoms with Crippen LogP contribution in [0.2, 0.25) is 0 Å². The summed E-state index contributed by atoms with van der Waals surface area (Å²) >= 11 is 0. The van der Waals surface area contributed by atoms with Crippen molar-refractivity contribution in [2.45, 2.75) is 109 Å². The van der Waals surface area contributed by atoms with Gasteiger partial charge >= 0.3 is 0 Å². The Balaban J connectivity index is 1.44. The molecular formula is C40H54O11. The number of hydrogen-bond acceptors (Lipinski definition) is 11. The Morgan fingerprint density at radius 2 is 1.55 bits per heavy atom. The van der Waals surface area contributed by atoms with Crippen molar-refractivity contribution < 1.29 is 52.6 Å². The molecule has 1 aliphatic heterocycles. The lowest BCUT2D eigenvalue weighted by molar-refractivity contribution is -0.289. The van der Waals surface area contributed by atoms with Crippen LogP contribution in [0.3, 0.4) is 0 Å². The smallest absolute Gasteiger partial charge is 0.170 e. The number of Topliss-reactive ketones (excluding diaryl/α,β-unsaturated/α-hetero) is 2. The van der Waals surface area contributed by atoms with Gasteiger partial charge in [0.2, 0.25) is 0 Å². The average Bonchev–Trinajstić information content (AvgIpc) is 3.44. The standard InChI is InChI=1S/C40H54O11/c1-36(2)29-17-18-31(41)40(36,43)20-30-38(5,35(42)34(29)49-24-44-6)32(48-25-46-21-26-11-9-8-10-12-26)19-33(39(30)23-50-37(3,4)51-39)47-22-27-13-15-28(45-7)16-14-27/h8-16,29-30,32-34,43H,17-25H2,1-7H3/t29-,30+,32+,33-,34-,38+,39-,40+/m1/s1. The van der Waals surface area contributed by atoms with E-state index in [9.17, 15) is 9.90 Å². The SMILES string of the molecule is COCO[C@H]1C(=O)[C@]2(C)[C@@H](OCOCc3ccccc3)C[C@@H](OCc3ccc(OC)cc3)[C@@]3(COC(C)(C)O3)[C@H]2C[C@]2(O)C(=O)CC[C@H]1C2(C)C. The largest absolute Gasteiger partial charge is 0.497 e. The van der Waals surface area contributed by atoms with Crippen molar-refractivity contribution in [1.29, 1.82) is 0 Å². The van der Waals surface area contributed by atoms with E-state index in [1.165, 1.54) is 7.11 Å². The Labute approximate surface area is 301 Å². The summed E-state index contributed by atoms with van der Waals surface area (Å²) in [6.07, 6.45) is -1.71. The molecule has 280 valence electrons. The molecular weight excluding hydrogens is 656 g/mol. The van der Waals surface area contributed by atoms with Gasteiger partial charge in [-0.05, 0) is 56.9 Å². The first-order chi connectivity index (χ1) is 24.2. The van der Waals surface area contributed by atoms with Crippen LogP contribution >= 0.6 is 0 Å². The number of ketones is 2. The van der Waals surface area contributed by atoms with Crippen molar-refractivity contribution in [1.82, 2.24) is 0 Å². The summed E-state index contributed by atoms with van der Waals surface area (Å²) in [5, 5.41) is 12.8. The third kappa shape index (κ3) is 6.81. The highest BCUT2D eigenvalue weighted by molar-refractivity contribution is 5.94. The van der Waals surface area contributed by atoms with Gasteiger partial charge in [0.05, 0.1) is 44.6 Å². The zero-order chi connectivity index (χ0) is 36.7. The minimum atomic E-state index is -1.81. The molecule has 4 fully saturated rings. The van der Waals surface area contributed by atoms with E-state index >= 15 is 4.79 Å². The number of benzene rings is 2. The number of hydrogen-bond donors (Lipinski definition) is 1. The maximum Gasteiger partial charge on any atom is 0.170 e. The molecule has 11 heteroatoms. The summed E-state index contributed by atoms with van der Waals surface area (Å²) < 4.78 is 49.6. The summed E-state index contributed by atoms with van der Waals surface area (Å²) in [5.74, 6) is -2.02. The third-order valence-electron chi connectivity index (χ3n) is 12.3. The van der Waals surface area contributed by atoms with Crippen molar-refractivity contribution in [3.63, 3.8) is 0 Å². The van der Waals surface area contributed by atoms with Gasteiger partial charge in [0.25, 0.3) is 0 Å². The van der Waals surface area contributed by atoms with Crippen LogP contribution in [0.4, 0.5) is 0 Å². The van der Waals surface area contributed by atoms with Gasteiger partial charge in [-0.2, -0.15) is 0 Å². The van der Waals surface area contributed by atoms with Crippen molar-refractivity contribution in [2.24, 2.45) is 22.7 Å². The fourth-order valence-corrected chi connectivity index (χ4v) is 9.22. The zero-order valence-corrected chi connectivity index (χ0v) is 31.0. The molecule has 51 heavy (non-hydrogen) atoms. The fourth-order valence-electron chi connectivity index (χ4n) is 9.22. The average molecular weight is 711 g/mol. The molecule has 2 bridgehead atoms. The van der Waals surface area contributed by atoms with E-state index in [2.05, 4.69) is 0 Å². The van der Waals surface area contributed by atoms with Crippen molar-refractivity contribution >= 4 is 11.6 Å². The Kier molecular flexibility index (Phi) is 10.9. The third-order valence-corrected chi connectivity index (χ3v) is 12.3. The van der Waals surface area contributed by atoms with E-state index in [-0.39, 0.29) is 57.6 Å². The Morgan fingerprint density at radius 1 is 0.843 bits per heavy atom. The number of carbonyl (C=O) groups is 2. The molecule has 4 aliphatic rings. The molecule has 3 saturated carbocycles. The highest BCUT2D eigenvalue weighted by atomic mass is 16.8. The number of ether oxygens (including phenoxy) is 8. The van der Waals surface area contributed by atoms with Gasteiger partial charge in [-0.3, -0.25) is 9.59 Å². The van der Waals surface area contributed by atoms with Gasteiger partial charge in [-0.25, -0.2) is 0 Å². The molecule has 11 nitrogen and oxygen atoms in total. The first-order valence-corrected chi connectivity index (χ1v) is 17.9. The van der Waals surface area contributed by atoms with Gasteiger partial charge < -0.3 is 43.0 Å². The number of rotatable bonds is 12. The minimum absolute atomic E-state index is 0.0544. The van der Waals surface area contributed by atoms with Gasteiger partial charge in [0.1, 0.15) is 36.6 Å². The molecule has 0 amide bonds. The quantitative estimate of drug-likeness (QED) is 0.225. The van der Waals surface area contributed by atoms with Crippen LogP contribution < -0.4 is 4.74 Å². The summed E-state index contributed by atoms with van der Waals surface area (Å²) in [6.45, 7) is 9.64. The topological polar surface area (TPSA) is 128 Å². The second kappa shape index (κ2) is 14.6. The Morgan fingerprint density at radius 3 is 2.20 bits per heavy atom. The van der Waals surface area contributed by atoms with Crippen LogP contribution in [0.25, 0.3) is 0 Å². The maximum absolute atomic E-state index is 15.4. The van der Waals surface area contributed by atoms with E-state index in [0.717, 1.165) is 16.9 Å². The van der Waals surface area contributed by atoms with Crippen LogP contribution in [0.5, 0.6) is 5.75 Å². The van der Waals surface area contributed by atoms with Gasteiger partial charge in [-0.1, -0.05) is 56.3 Å². The predicted octanol–water partition coefficient (Wildman–Crippen LogP) is 5.39. The lowest BCUT2D eigenvalue weighted by Crippen LogP contribution is -2.74. The highest BCUT2D eigenvalue weighted by Gasteiger charge is 2.74. The minimum Gasteiger partial charge on any atom is -0.497 e. The fraction of sp³-hybridized carbons (Fsp3) is 0.650. The molecule has 1 heterocycles. The zero-order valence-electron chi connectivity index (χ0n) is 31.0. The Bertz CT molecular complexity index is 1530. The molecule has 0 radical (unpaired) electrons. The van der Waals surface area contributed by atoms with Crippen molar-refractivity contribution in [3.05, 3.63) is 65.7 Å². The summed E-state index contributed by atoms with van der Waals surface area (Å²) in [6, 6.07) is 17.4. The van der Waals surface area contributed by atoms with Crippen LogP contribution in [0.1, 0.15) is 71.4 Å². The second-order valence-corrected chi connectivity index (χ2v) is 15.8. The molecule has 1 spiro atoms. The first kappa shape index (κ1) is 38.0. The number of carbonyl (C=O) groups excluding carboxylic acids is 2. The van der Waals surface area contributed by atoms with Gasteiger partial charge in [0, 0.05) is 37.2 Å². The summed E-state index contributed by atoms with van der Waals surface area (Å²) in [5.41, 5.74) is -3.52. The number of aliphatic hydroxyl groups is 1. The van der Waals surface area contributed by atoms with E-state index in [4.69, 9.17) is 37.9 Å². The van der Waals surface area contributed by atoms with Crippen LogP contribution in [-0.2, 0) is 56.0 Å². The predicted molar refractivity (Wildman–Crippen MR) is 185 cm³/mol. The molecule has 6 rings (SSSR count). The lowest BCUT2D eigenvalue weighted by atomic mass is 9.45. The van der Waals surface area contributed by atoms with Crippen molar-refractivity contribution in [3.8, 4) is 5.75 Å². The van der Waals surface area contributed by atoms with Crippen LogP contribution in [-0.4, -0.2) is 86.4 Å². The van der Waals surface area contributed by atoms with E-state index < -0.39 is 58.0 Å². The molecule has 3 aliphatic carbocycles. The molecule has 1 N–H and O–H groups in total. The molecule has 0 aromatic heterocycles. The maximum atomic E-state index is 15.4. The molecule has 2 aromatic rings. The van der Waals surface area contributed by atoms with E-state index in [1.54, 1.807) is 7.11 Å². The molecule has 2 aromatic carbocycles. The first-order valence-electron chi connectivity index (χ1n) is 17.9. The summed E-state index contributed by atoms with van der Waals surface area (Å²) in [7, 11) is 3.12. The molecule has 1 saturated heterocycles. The van der Waals surface area contributed by atoms with E-state index in [1.807, 2.05) is 89.2 Å².